The van der Waals surface area contributed by atoms with Gasteiger partial charge in [-0.05, 0) is 19.3 Å². The summed E-state index contributed by atoms with van der Waals surface area (Å²) in [5.74, 6) is 0.666. The maximum Gasteiger partial charge on any atom is 0.0960 e. The number of aryl methyl sites for hydroxylation is 1. The minimum atomic E-state index is 0.666. The normalized spacial score (nSPS) is 19.2. The molecule has 0 N–H and O–H groups in total. The second kappa shape index (κ2) is 4.20. The Morgan fingerprint density at radius 3 is 2.92 bits per heavy atom. The van der Waals surface area contributed by atoms with Crippen LogP contribution < -0.4 is 0 Å². The lowest BCUT2D eigenvalue weighted by Gasteiger charge is -2.19. The molecule has 0 bridgehead atoms. The largest absolute Gasteiger partial charge is 0.381 e. The molecule has 3 heteroatoms. The van der Waals surface area contributed by atoms with Gasteiger partial charge in [-0.15, -0.1) is 11.3 Å². The van der Waals surface area contributed by atoms with Gasteiger partial charge in [-0.2, -0.15) is 0 Å². The van der Waals surface area contributed by atoms with Crippen LogP contribution in [0.2, 0.25) is 0 Å². The SMILES string of the molecule is CCc1csc(C2CCOCC2)n1. The summed E-state index contributed by atoms with van der Waals surface area (Å²) in [4.78, 5) is 4.62. The first-order valence-corrected chi connectivity index (χ1v) is 5.80. The molecule has 72 valence electrons. The van der Waals surface area contributed by atoms with Gasteiger partial charge in [0.2, 0.25) is 0 Å². The second-order valence-electron chi connectivity index (χ2n) is 3.42. The fourth-order valence-corrected chi connectivity index (χ4v) is 2.69. The number of hydrogen-bond acceptors (Lipinski definition) is 3. The third kappa shape index (κ3) is 2.09. The van der Waals surface area contributed by atoms with E-state index in [1.807, 2.05) is 11.3 Å². The molecular weight excluding hydrogens is 182 g/mol. The highest BCUT2D eigenvalue weighted by atomic mass is 32.1. The summed E-state index contributed by atoms with van der Waals surface area (Å²) < 4.78 is 5.33. The van der Waals surface area contributed by atoms with Crippen LogP contribution in [0.15, 0.2) is 5.38 Å². The molecule has 1 aromatic rings. The van der Waals surface area contributed by atoms with Gasteiger partial charge in [-0.1, -0.05) is 6.92 Å². The van der Waals surface area contributed by atoms with Crippen LogP contribution in [-0.2, 0) is 11.2 Å². The number of thiazole rings is 1. The van der Waals surface area contributed by atoms with E-state index in [1.165, 1.54) is 10.7 Å². The average molecular weight is 197 g/mol. The molecule has 0 radical (unpaired) electrons. The van der Waals surface area contributed by atoms with Crippen LogP contribution in [0.5, 0.6) is 0 Å². The molecule has 0 aliphatic carbocycles. The lowest BCUT2D eigenvalue weighted by Crippen LogP contribution is -2.13. The van der Waals surface area contributed by atoms with E-state index in [9.17, 15) is 0 Å². The molecule has 0 amide bonds. The van der Waals surface area contributed by atoms with E-state index in [0.29, 0.717) is 5.92 Å². The predicted molar refractivity (Wildman–Crippen MR) is 54.3 cm³/mol. The van der Waals surface area contributed by atoms with Crippen molar-refractivity contribution < 1.29 is 4.74 Å². The molecule has 0 atom stereocenters. The van der Waals surface area contributed by atoms with Crippen LogP contribution in [0, 0.1) is 0 Å². The smallest absolute Gasteiger partial charge is 0.0960 e. The van der Waals surface area contributed by atoms with E-state index in [-0.39, 0.29) is 0 Å². The van der Waals surface area contributed by atoms with E-state index in [4.69, 9.17) is 4.74 Å². The average Bonchev–Trinajstić information content (AvgIpc) is 2.67. The number of hydrogen-bond donors (Lipinski definition) is 0. The van der Waals surface area contributed by atoms with Crippen LogP contribution in [0.1, 0.15) is 36.4 Å². The van der Waals surface area contributed by atoms with Gasteiger partial charge >= 0.3 is 0 Å². The molecular formula is C10H15NOS. The molecule has 2 nitrogen and oxygen atoms in total. The molecule has 1 fully saturated rings. The summed E-state index contributed by atoms with van der Waals surface area (Å²) in [6.07, 6.45) is 3.35. The summed E-state index contributed by atoms with van der Waals surface area (Å²) in [6, 6.07) is 0. The third-order valence-electron chi connectivity index (χ3n) is 2.50. The number of ether oxygens (including phenoxy) is 1. The van der Waals surface area contributed by atoms with Crippen LogP contribution in [-0.4, -0.2) is 18.2 Å². The van der Waals surface area contributed by atoms with Gasteiger partial charge in [-0.25, -0.2) is 4.98 Å². The molecule has 0 spiro atoms. The lowest BCUT2D eigenvalue weighted by atomic mass is 10.0. The Balaban J connectivity index is 2.05. The third-order valence-corrected chi connectivity index (χ3v) is 3.56. The van der Waals surface area contributed by atoms with Crippen LogP contribution >= 0.6 is 11.3 Å². The summed E-state index contributed by atoms with van der Waals surface area (Å²) in [7, 11) is 0. The molecule has 0 aromatic carbocycles. The van der Waals surface area contributed by atoms with Gasteiger partial charge in [0.1, 0.15) is 0 Å². The molecule has 13 heavy (non-hydrogen) atoms. The Morgan fingerprint density at radius 2 is 2.31 bits per heavy atom. The monoisotopic (exact) mass is 197 g/mol. The molecule has 1 aliphatic rings. The molecule has 1 aromatic heterocycles. The highest BCUT2D eigenvalue weighted by Gasteiger charge is 2.18. The van der Waals surface area contributed by atoms with Crippen molar-refractivity contribution in [1.29, 1.82) is 0 Å². The van der Waals surface area contributed by atoms with Crippen molar-refractivity contribution >= 4 is 11.3 Å². The molecule has 2 rings (SSSR count). The topological polar surface area (TPSA) is 22.1 Å². The highest BCUT2D eigenvalue weighted by molar-refractivity contribution is 7.09. The van der Waals surface area contributed by atoms with Gasteiger partial charge in [0.15, 0.2) is 0 Å². The fraction of sp³-hybridized carbons (Fsp3) is 0.700. The minimum absolute atomic E-state index is 0.666. The fourth-order valence-electron chi connectivity index (χ4n) is 1.62. The van der Waals surface area contributed by atoms with Crippen molar-refractivity contribution in [2.75, 3.05) is 13.2 Å². The first-order valence-electron chi connectivity index (χ1n) is 4.92. The quantitative estimate of drug-likeness (QED) is 0.727. The summed E-state index contributed by atoms with van der Waals surface area (Å²) in [6.45, 7) is 3.97. The Kier molecular flexibility index (Phi) is 2.96. The van der Waals surface area contributed by atoms with Crippen molar-refractivity contribution in [3.8, 4) is 0 Å². The zero-order chi connectivity index (χ0) is 9.10. The van der Waals surface area contributed by atoms with Crippen LogP contribution in [0.25, 0.3) is 0 Å². The highest BCUT2D eigenvalue weighted by Crippen LogP contribution is 2.29. The molecule has 0 saturated carbocycles. The summed E-state index contributed by atoms with van der Waals surface area (Å²) in [5, 5.41) is 3.50. The number of rotatable bonds is 2. The Bertz CT molecular complexity index is 266. The van der Waals surface area contributed by atoms with E-state index in [1.54, 1.807) is 0 Å². The molecule has 2 heterocycles. The van der Waals surface area contributed by atoms with Crippen molar-refractivity contribution in [2.45, 2.75) is 32.1 Å². The van der Waals surface area contributed by atoms with Gasteiger partial charge < -0.3 is 4.74 Å². The Hall–Kier alpha value is -0.410. The number of nitrogens with zero attached hydrogens (tertiary/aromatic N) is 1. The molecule has 1 saturated heterocycles. The number of aromatic nitrogens is 1. The second-order valence-corrected chi connectivity index (χ2v) is 4.31. The van der Waals surface area contributed by atoms with Gasteiger partial charge in [-0.3, -0.25) is 0 Å². The van der Waals surface area contributed by atoms with Crippen molar-refractivity contribution in [1.82, 2.24) is 4.98 Å². The van der Waals surface area contributed by atoms with E-state index in [2.05, 4.69) is 17.3 Å². The van der Waals surface area contributed by atoms with E-state index < -0.39 is 0 Å². The van der Waals surface area contributed by atoms with Crippen molar-refractivity contribution in [3.63, 3.8) is 0 Å². The van der Waals surface area contributed by atoms with E-state index >= 15 is 0 Å². The maximum atomic E-state index is 5.33. The van der Waals surface area contributed by atoms with Crippen molar-refractivity contribution in [3.05, 3.63) is 16.1 Å². The van der Waals surface area contributed by atoms with Gasteiger partial charge in [0, 0.05) is 24.5 Å². The zero-order valence-corrected chi connectivity index (χ0v) is 8.77. The van der Waals surface area contributed by atoms with Gasteiger partial charge in [0.05, 0.1) is 10.7 Å². The Labute approximate surface area is 83.0 Å². The zero-order valence-electron chi connectivity index (χ0n) is 7.95. The molecule has 1 aliphatic heterocycles. The molecule has 0 unspecified atom stereocenters. The Morgan fingerprint density at radius 1 is 1.54 bits per heavy atom. The lowest BCUT2D eigenvalue weighted by molar-refractivity contribution is 0.0852. The first-order chi connectivity index (χ1) is 6.40. The predicted octanol–water partition coefficient (Wildman–Crippen LogP) is 2.60. The summed E-state index contributed by atoms with van der Waals surface area (Å²) >= 11 is 1.81. The standard InChI is InChI=1S/C10H15NOS/c1-2-9-7-13-10(11-9)8-3-5-12-6-4-8/h7-8H,2-6H2,1H3. The van der Waals surface area contributed by atoms with Crippen LogP contribution in [0.4, 0.5) is 0 Å². The maximum absolute atomic E-state index is 5.33. The van der Waals surface area contributed by atoms with Gasteiger partial charge in [0.25, 0.3) is 0 Å². The minimum Gasteiger partial charge on any atom is -0.381 e. The van der Waals surface area contributed by atoms with Crippen LogP contribution in [0.3, 0.4) is 0 Å². The van der Waals surface area contributed by atoms with E-state index in [0.717, 1.165) is 32.5 Å². The van der Waals surface area contributed by atoms with Crippen molar-refractivity contribution in [2.24, 2.45) is 0 Å². The summed E-state index contributed by atoms with van der Waals surface area (Å²) in [5.41, 5.74) is 1.24. The first kappa shape index (κ1) is 9.16.